The number of carboxylic acids is 1. The van der Waals surface area contributed by atoms with Gasteiger partial charge in [-0.3, -0.25) is 4.79 Å². The van der Waals surface area contributed by atoms with E-state index >= 15 is 0 Å². The molecule has 5 nitrogen and oxygen atoms in total. The van der Waals surface area contributed by atoms with Gasteiger partial charge in [-0.25, -0.2) is 0 Å². The highest BCUT2D eigenvalue weighted by Gasteiger charge is 2.26. The number of hydrogen-bond acceptors (Lipinski definition) is 4. The average molecular weight is 279 g/mol. The lowest BCUT2D eigenvalue weighted by Gasteiger charge is -2.27. The van der Waals surface area contributed by atoms with Crippen molar-refractivity contribution in [2.45, 2.75) is 32.7 Å². The van der Waals surface area contributed by atoms with Crippen LogP contribution < -0.4 is 15.2 Å². The summed E-state index contributed by atoms with van der Waals surface area (Å²) in [6.45, 7) is 4.93. The number of rotatable bonds is 5. The molecule has 1 unspecified atom stereocenters. The van der Waals surface area contributed by atoms with Crippen molar-refractivity contribution >= 4 is 5.97 Å². The molecule has 1 heterocycles. The second-order valence-electron chi connectivity index (χ2n) is 5.95. The highest BCUT2D eigenvalue weighted by Crippen LogP contribution is 2.36. The average Bonchev–Trinajstić information content (AvgIpc) is 2.36. The molecule has 2 rings (SSSR count). The molecule has 0 saturated carbocycles. The van der Waals surface area contributed by atoms with E-state index in [9.17, 15) is 4.79 Å². The zero-order valence-corrected chi connectivity index (χ0v) is 11.9. The maximum atomic E-state index is 10.8. The minimum atomic E-state index is -0.802. The number of carboxylic acid groups (broad SMARTS) is 1. The molecule has 0 saturated heterocycles. The fraction of sp³-hybridized carbons (Fsp3) is 0.533. The van der Waals surface area contributed by atoms with Crippen molar-refractivity contribution < 1.29 is 19.4 Å². The van der Waals surface area contributed by atoms with Crippen LogP contribution in [0.3, 0.4) is 0 Å². The van der Waals surface area contributed by atoms with Gasteiger partial charge in [-0.05, 0) is 29.5 Å². The molecule has 0 aromatic heterocycles. The lowest BCUT2D eigenvalue weighted by molar-refractivity contribution is -0.139. The summed E-state index contributed by atoms with van der Waals surface area (Å²) in [6.07, 6.45) is 0.699. The van der Waals surface area contributed by atoms with Gasteiger partial charge in [0.05, 0.1) is 6.42 Å². The van der Waals surface area contributed by atoms with Gasteiger partial charge in [0.15, 0.2) is 11.5 Å². The van der Waals surface area contributed by atoms with Gasteiger partial charge in [0.1, 0.15) is 13.2 Å². The van der Waals surface area contributed by atoms with Crippen LogP contribution in [0.4, 0.5) is 0 Å². The molecule has 0 radical (unpaired) electrons. The first-order valence-electron chi connectivity index (χ1n) is 6.74. The first-order valence-corrected chi connectivity index (χ1v) is 6.74. The Bertz CT molecular complexity index is 499. The largest absolute Gasteiger partial charge is 0.486 e. The van der Waals surface area contributed by atoms with E-state index in [4.69, 9.17) is 20.3 Å². The summed E-state index contributed by atoms with van der Waals surface area (Å²) in [4.78, 5) is 10.8. The number of fused-ring (bicyclic) bond motifs is 1. The van der Waals surface area contributed by atoms with Crippen LogP contribution in [0.25, 0.3) is 0 Å². The second kappa shape index (κ2) is 5.71. The topological polar surface area (TPSA) is 81.8 Å². The minimum Gasteiger partial charge on any atom is -0.486 e. The fourth-order valence-corrected chi connectivity index (χ4v) is 2.49. The predicted octanol–water partition coefficient (Wildman–Crippen LogP) is 2.35. The van der Waals surface area contributed by atoms with Crippen LogP contribution in [0.5, 0.6) is 11.5 Å². The van der Waals surface area contributed by atoms with E-state index in [1.165, 1.54) is 0 Å². The van der Waals surface area contributed by atoms with Gasteiger partial charge in [0, 0.05) is 6.04 Å². The third kappa shape index (κ3) is 3.63. The molecule has 110 valence electrons. The Balaban J connectivity index is 2.09. The summed E-state index contributed by atoms with van der Waals surface area (Å²) < 4.78 is 11.0. The van der Waals surface area contributed by atoms with E-state index < -0.39 is 5.97 Å². The number of ether oxygens (including phenoxy) is 2. The van der Waals surface area contributed by atoms with Crippen LogP contribution in [0, 0.1) is 5.41 Å². The van der Waals surface area contributed by atoms with E-state index in [0.717, 1.165) is 11.3 Å². The summed E-state index contributed by atoms with van der Waals surface area (Å²) in [5, 5.41) is 8.91. The number of hydrogen-bond donors (Lipinski definition) is 2. The summed E-state index contributed by atoms with van der Waals surface area (Å²) >= 11 is 0. The highest BCUT2D eigenvalue weighted by atomic mass is 16.6. The first kappa shape index (κ1) is 14.7. The molecule has 0 fully saturated rings. The fourth-order valence-electron chi connectivity index (χ4n) is 2.49. The maximum Gasteiger partial charge on any atom is 0.303 e. The van der Waals surface area contributed by atoms with Crippen molar-refractivity contribution in [2.75, 3.05) is 13.2 Å². The Morgan fingerprint density at radius 2 is 2.00 bits per heavy atom. The Morgan fingerprint density at radius 3 is 2.65 bits per heavy atom. The number of benzene rings is 1. The van der Waals surface area contributed by atoms with Gasteiger partial charge in [-0.1, -0.05) is 19.9 Å². The Kier molecular flexibility index (Phi) is 4.18. The van der Waals surface area contributed by atoms with Crippen LogP contribution >= 0.6 is 0 Å². The molecule has 1 aromatic carbocycles. The van der Waals surface area contributed by atoms with Crippen molar-refractivity contribution in [1.82, 2.24) is 0 Å². The molecule has 5 heteroatoms. The van der Waals surface area contributed by atoms with Crippen molar-refractivity contribution in [3.63, 3.8) is 0 Å². The third-order valence-electron chi connectivity index (χ3n) is 3.40. The zero-order valence-electron chi connectivity index (χ0n) is 11.9. The summed E-state index contributed by atoms with van der Waals surface area (Å²) in [7, 11) is 0. The Hall–Kier alpha value is -1.75. The summed E-state index contributed by atoms with van der Waals surface area (Å²) in [5.41, 5.74) is 6.79. The van der Waals surface area contributed by atoms with Gasteiger partial charge in [-0.15, -0.1) is 0 Å². The molecule has 0 aliphatic carbocycles. The first-order chi connectivity index (χ1) is 9.37. The van der Waals surface area contributed by atoms with Crippen molar-refractivity contribution in [2.24, 2.45) is 11.1 Å². The molecule has 20 heavy (non-hydrogen) atoms. The van der Waals surface area contributed by atoms with Crippen LogP contribution in [-0.2, 0) is 4.79 Å². The quantitative estimate of drug-likeness (QED) is 0.864. The smallest absolute Gasteiger partial charge is 0.303 e. The Labute approximate surface area is 118 Å². The van der Waals surface area contributed by atoms with Crippen molar-refractivity contribution in [3.8, 4) is 11.5 Å². The van der Waals surface area contributed by atoms with Crippen molar-refractivity contribution in [1.29, 1.82) is 0 Å². The van der Waals surface area contributed by atoms with Crippen LogP contribution in [0.1, 0.15) is 38.3 Å². The van der Waals surface area contributed by atoms with Gasteiger partial charge >= 0.3 is 5.97 Å². The lowest BCUT2D eigenvalue weighted by Crippen LogP contribution is -2.24. The lowest BCUT2D eigenvalue weighted by atomic mass is 9.81. The molecule has 0 spiro atoms. The number of nitrogens with two attached hydrogens (primary N) is 1. The number of carbonyl (C=O) groups is 1. The SMILES string of the molecule is CC(C)(CC(=O)O)CC(N)c1ccc2c(c1)OCCO2. The van der Waals surface area contributed by atoms with Crippen LogP contribution in [0.2, 0.25) is 0 Å². The van der Waals surface area contributed by atoms with E-state index in [1.807, 2.05) is 32.0 Å². The zero-order chi connectivity index (χ0) is 14.8. The van der Waals surface area contributed by atoms with Crippen molar-refractivity contribution in [3.05, 3.63) is 23.8 Å². The standard InChI is InChI=1S/C15H21NO4/c1-15(2,9-14(17)18)8-11(16)10-3-4-12-13(7-10)20-6-5-19-12/h3-4,7,11H,5-6,8-9,16H2,1-2H3,(H,17,18). The molecular weight excluding hydrogens is 258 g/mol. The van der Waals surface area contributed by atoms with Crippen LogP contribution in [0.15, 0.2) is 18.2 Å². The maximum absolute atomic E-state index is 10.8. The van der Waals surface area contributed by atoms with E-state index in [-0.39, 0.29) is 17.9 Å². The molecule has 3 N–H and O–H groups in total. The minimum absolute atomic E-state index is 0.102. The van der Waals surface area contributed by atoms with Gasteiger partial charge in [0.2, 0.25) is 0 Å². The Morgan fingerprint density at radius 1 is 1.35 bits per heavy atom. The van der Waals surface area contributed by atoms with Gasteiger partial charge in [0.25, 0.3) is 0 Å². The van der Waals surface area contributed by atoms with E-state index in [2.05, 4.69) is 0 Å². The molecule has 1 aromatic rings. The summed E-state index contributed by atoms with van der Waals surface area (Å²) in [5.74, 6) is 0.640. The second-order valence-corrected chi connectivity index (χ2v) is 5.95. The van der Waals surface area contributed by atoms with Crippen LogP contribution in [-0.4, -0.2) is 24.3 Å². The molecule has 0 bridgehead atoms. The normalized spacial score (nSPS) is 15.8. The molecule has 1 aliphatic rings. The van der Waals surface area contributed by atoms with E-state index in [1.54, 1.807) is 0 Å². The van der Waals surface area contributed by atoms with Gasteiger partial charge < -0.3 is 20.3 Å². The number of aliphatic carboxylic acids is 1. The monoisotopic (exact) mass is 279 g/mol. The molecule has 1 aliphatic heterocycles. The molecular formula is C15H21NO4. The third-order valence-corrected chi connectivity index (χ3v) is 3.40. The van der Waals surface area contributed by atoms with Gasteiger partial charge in [-0.2, -0.15) is 0 Å². The predicted molar refractivity (Wildman–Crippen MR) is 75.0 cm³/mol. The summed E-state index contributed by atoms with van der Waals surface area (Å²) in [6, 6.07) is 5.43. The molecule has 1 atom stereocenters. The highest BCUT2D eigenvalue weighted by molar-refractivity contribution is 5.67. The molecule has 0 amide bonds. The van der Waals surface area contributed by atoms with E-state index in [0.29, 0.717) is 25.4 Å².